The normalized spacial score (nSPS) is 11.8. The Balaban J connectivity index is 1.60. The summed E-state index contributed by atoms with van der Waals surface area (Å²) in [6, 6.07) is 20.2. The molecule has 0 radical (unpaired) electrons. The molecule has 30 heavy (non-hydrogen) atoms. The number of anilines is 1. The number of aryl methyl sites for hydroxylation is 2. The number of hydrogen-bond donors (Lipinski definition) is 1. The summed E-state index contributed by atoms with van der Waals surface area (Å²) >= 11 is 0. The molecule has 0 saturated heterocycles. The maximum Gasteiger partial charge on any atom is 0.174 e. The predicted octanol–water partition coefficient (Wildman–Crippen LogP) is 5.02. The Morgan fingerprint density at radius 3 is 2.83 bits per heavy atom. The smallest absolute Gasteiger partial charge is 0.174 e. The lowest BCUT2D eigenvalue weighted by Gasteiger charge is -2.17. The van der Waals surface area contributed by atoms with Crippen LogP contribution < -0.4 is 10.1 Å². The minimum absolute atomic E-state index is 0.00754. The highest BCUT2D eigenvalue weighted by Gasteiger charge is 2.11. The highest BCUT2D eigenvalue weighted by Crippen LogP contribution is 2.27. The Morgan fingerprint density at radius 2 is 2.00 bits per heavy atom. The molecule has 0 amide bonds. The van der Waals surface area contributed by atoms with Crippen molar-refractivity contribution in [3.05, 3.63) is 72.2 Å². The fraction of sp³-hybridized carbons (Fsp3) is 0.208. The SMILES string of the molecule is Cc1nc(NC(C)c2cccc(OCC#N)c2)cc(-c2ccc3ccn(C)c3c2)n1. The monoisotopic (exact) mass is 397 g/mol. The van der Waals surface area contributed by atoms with Gasteiger partial charge in [-0.15, -0.1) is 0 Å². The second kappa shape index (κ2) is 8.26. The van der Waals surface area contributed by atoms with Crippen LogP contribution in [0.2, 0.25) is 0 Å². The Bertz CT molecular complexity index is 1240. The third-order valence-electron chi connectivity index (χ3n) is 5.05. The molecule has 1 unspecified atom stereocenters. The number of benzene rings is 2. The van der Waals surface area contributed by atoms with Crippen molar-refractivity contribution >= 4 is 16.7 Å². The maximum absolute atomic E-state index is 8.71. The van der Waals surface area contributed by atoms with Crippen molar-refractivity contribution in [3.63, 3.8) is 0 Å². The molecular weight excluding hydrogens is 374 g/mol. The quantitative estimate of drug-likeness (QED) is 0.494. The van der Waals surface area contributed by atoms with E-state index in [2.05, 4.69) is 57.2 Å². The number of rotatable bonds is 6. The molecule has 0 saturated carbocycles. The molecule has 0 fully saturated rings. The minimum Gasteiger partial charge on any atom is -0.479 e. The van der Waals surface area contributed by atoms with Gasteiger partial charge in [0.25, 0.3) is 0 Å². The van der Waals surface area contributed by atoms with Crippen LogP contribution in [0.15, 0.2) is 60.8 Å². The van der Waals surface area contributed by atoms with E-state index in [1.54, 1.807) is 0 Å². The topological polar surface area (TPSA) is 75.8 Å². The van der Waals surface area contributed by atoms with Crippen LogP contribution in [-0.2, 0) is 7.05 Å². The first-order valence-electron chi connectivity index (χ1n) is 9.81. The second-order valence-electron chi connectivity index (χ2n) is 7.27. The molecule has 0 aliphatic heterocycles. The molecule has 6 heteroatoms. The Kier molecular flexibility index (Phi) is 5.36. The molecule has 4 aromatic rings. The van der Waals surface area contributed by atoms with Crippen LogP contribution in [-0.4, -0.2) is 21.1 Å². The molecule has 2 aromatic heterocycles. The molecule has 6 nitrogen and oxygen atoms in total. The van der Waals surface area contributed by atoms with Crippen LogP contribution in [0.4, 0.5) is 5.82 Å². The van der Waals surface area contributed by atoms with Crippen molar-refractivity contribution in [2.75, 3.05) is 11.9 Å². The Hall–Kier alpha value is -3.85. The molecule has 2 heterocycles. The average Bonchev–Trinajstić information content (AvgIpc) is 3.12. The first-order valence-corrected chi connectivity index (χ1v) is 9.81. The minimum atomic E-state index is 0.00754. The number of hydrogen-bond acceptors (Lipinski definition) is 5. The molecule has 2 aromatic carbocycles. The van der Waals surface area contributed by atoms with E-state index in [1.165, 1.54) is 10.9 Å². The van der Waals surface area contributed by atoms with Crippen molar-refractivity contribution in [1.82, 2.24) is 14.5 Å². The largest absolute Gasteiger partial charge is 0.479 e. The lowest BCUT2D eigenvalue weighted by molar-refractivity contribution is 0.367. The van der Waals surface area contributed by atoms with Gasteiger partial charge in [-0.25, -0.2) is 9.97 Å². The van der Waals surface area contributed by atoms with E-state index in [0.29, 0.717) is 11.6 Å². The van der Waals surface area contributed by atoms with Gasteiger partial charge in [-0.1, -0.05) is 24.3 Å². The van der Waals surface area contributed by atoms with E-state index in [1.807, 2.05) is 50.4 Å². The summed E-state index contributed by atoms with van der Waals surface area (Å²) < 4.78 is 7.52. The summed E-state index contributed by atoms with van der Waals surface area (Å²) in [7, 11) is 2.04. The summed E-state index contributed by atoms with van der Waals surface area (Å²) in [4.78, 5) is 9.21. The summed E-state index contributed by atoms with van der Waals surface area (Å²) in [5.41, 5.74) is 4.15. The third-order valence-corrected chi connectivity index (χ3v) is 5.05. The fourth-order valence-corrected chi connectivity index (χ4v) is 3.51. The van der Waals surface area contributed by atoms with Crippen LogP contribution in [0.3, 0.4) is 0 Å². The molecular formula is C24H23N5O. The van der Waals surface area contributed by atoms with Crippen molar-refractivity contribution < 1.29 is 4.74 Å². The number of nitrogens with one attached hydrogen (secondary N) is 1. The van der Waals surface area contributed by atoms with Gasteiger partial charge in [0, 0.05) is 30.4 Å². The molecule has 150 valence electrons. The van der Waals surface area contributed by atoms with Gasteiger partial charge in [-0.2, -0.15) is 5.26 Å². The van der Waals surface area contributed by atoms with Crippen LogP contribution in [0.1, 0.15) is 24.4 Å². The van der Waals surface area contributed by atoms with Gasteiger partial charge in [-0.05, 0) is 49.1 Å². The van der Waals surface area contributed by atoms with Gasteiger partial charge in [0.05, 0.1) is 11.7 Å². The molecule has 0 aliphatic carbocycles. The highest BCUT2D eigenvalue weighted by atomic mass is 16.5. The van der Waals surface area contributed by atoms with Crippen LogP contribution in [0.25, 0.3) is 22.2 Å². The molecule has 0 spiro atoms. The zero-order valence-electron chi connectivity index (χ0n) is 17.3. The molecule has 0 aliphatic rings. The lowest BCUT2D eigenvalue weighted by atomic mass is 10.1. The molecule has 4 rings (SSSR count). The lowest BCUT2D eigenvalue weighted by Crippen LogP contribution is -2.09. The maximum atomic E-state index is 8.71. The zero-order valence-corrected chi connectivity index (χ0v) is 17.3. The molecule has 0 bridgehead atoms. The summed E-state index contributed by atoms with van der Waals surface area (Å²) in [6.07, 6.45) is 2.06. The molecule has 1 atom stereocenters. The van der Waals surface area contributed by atoms with E-state index >= 15 is 0 Å². The number of aromatic nitrogens is 3. The highest BCUT2D eigenvalue weighted by molar-refractivity contribution is 5.85. The van der Waals surface area contributed by atoms with Crippen LogP contribution in [0.5, 0.6) is 5.75 Å². The number of ether oxygens (including phenoxy) is 1. The Labute approximate surface area is 175 Å². The van der Waals surface area contributed by atoms with Gasteiger partial charge in [0.1, 0.15) is 23.5 Å². The summed E-state index contributed by atoms with van der Waals surface area (Å²) in [5.74, 6) is 2.15. The standard InChI is InChI=1S/C24H23N5O/c1-16(19-5-4-6-21(13-19)30-12-10-25)26-24-15-22(27-17(2)28-24)20-8-7-18-9-11-29(3)23(18)14-20/h4-9,11,13-16H,12H2,1-3H3,(H,26,27,28). The van der Waals surface area contributed by atoms with E-state index in [-0.39, 0.29) is 12.6 Å². The Morgan fingerprint density at radius 1 is 1.13 bits per heavy atom. The van der Waals surface area contributed by atoms with Crippen molar-refractivity contribution in [2.24, 2.45) is 7.05 Å². The van der Waals surface area contributed by atoms with Crippen molar-refractivity contribution in [2.45, 2.75) is 19.9 Å². The van der Waals surface area contributed by atoms with Gasteiger partial charge >= 0.3 is 0 Å². The van der Waals surface area contributed by atoms with Crippen LogP contribution >= 0.6 is 0 Å². The number of fused-ring (bicyclic) bond motifs is 1. The van der Waals surface area contributed by atoms with Crippen molar-refractivity contribution in [3.8, 4) is 23.1 Å². The third kappa shape index (κ3) is 4.11. The summed E-state index contributed by atoms with van der Waals surface area (Å²) in [5, 5.41) is 13.4. The van der Waals surface area contributed by atoms with Gasteiger partial charge in [0.2, 0.25) is 0 Å². The van der Waals surface area contributed by atoms with E-state index in [9.17, 15) is 0 Å². The van der Waals surface area contributed by atoms with E-state index in [0.717, 1.165) is 22.6 Å². The van der Waals surface area contributed by atoms with Crippen LogP contribution in [0, 0.1) is 18.3 Å². The zero-order chi connectivity index (χ0) is 21.1. The van der Waals surface area contributed by atoms with Gasteiger partial charge in [-0.3, -0.25) is 0 Å². The molecule has 1 N–H and O–H groups in total. The number of nitriles is 1. The van der Waals surface area contributed by atoms with E-state index < -0.39 is 0 Å². The number of nitrogens with zero attached hydrogens (tertiary/aromatic N) is 4. The van der Waals surface area contributed by atoms with E-state index in [4.69, 9.17) is 10.00 Å². The summed E-state index contributed by atoms with van der Waals surface area (Å²) in [6.45, 7) is 4.00. The predicted molar refractivity (Wildman–Crippen MR) is 118 cm³/mol. The first-order chi connectivity index (χ1) is 14.5. The van der Waals surface area contributed by atoms with Gasteiger partial charge < -0.3 is 14.6 Å². The fourth-order valence-electron chi connectivity index (χ4n) is 3.51. The average molecular weight is 397 g/mol. The van der Waals surface area contributed by atoms with Crippen molar-refractivity contribution in [1.29, 1.82) is 5.26 Å². The first kappa shape index (κ1) is 19.5. The van der Waals surface area contributed by atoms with Gasteiger partial charge in [0.15, 0.2) is 6.61 Å². The second-order valence-corrected chi connectivity index (χ2v) is 7.27.